The average Bonchev–Trinajstić information content (AvgIpc) is 2.73. The van der Waals surface area contributed by atoms with Gasteiger partial charge in [-0.1, -0.05) is 6.92 Å². The van der Waals surface area contributed by atoms with Crippen LogP contribution in [0.5, 0.6) is 0 Å². The molecular weight excluding hydrogens is 264 g/mol. The number of nitrogens with one attached hydrogen (secondary N) is 1. The predicted octanol–water partition coefficient (Wildman–Crippen LogP) is 0.592. The first-order valence-corrected chi connectivity index (χ1v) is 7.57. The molecule has 1 rings (SSSR count). The molecule has 0 fully saturated rings. The largest absolute Gasteiger partial charge is 0.317 e. The number of nitrogens with zero attached hydrogens (tertiary/aromatic N) is 3. The van der Waals surface area contributed by atoms with Crippen LogP contribution in [0.15, 0.2) is 6.33 Å². The van der Waals surface area contributed by atoms with E-state index in [4.69, 9.17) is 11.6 Å². The van der Waals surface area contributed by atoms with Crippen LogP contribution < -0.4 is 4.72 Å². The van der Waals surface area contributed by atoms with Crippen LogP contribution in [0.3, 0.4) is 0 Å². The lowest BCUT2D eigenvalue weighted by molar-refractivity contribution is 0.563. The topological polar surface area (TPSA) is 76.9 Å². The van der Waals surface area contributed by atoms with Crippen molar-refractivity contribution in [1.82, 2.24) is 19.5 Å². The molecule has 0 bridgehead atoms. The minimum atomic E-state index is -3.31. The second-order valence-electron chi connectivity index (χ2n) is 3.90. The summed E-state index contributed by atoms with van der Waals surface area (Å²) in [6, 6.07) is 0. The number of rotatable bonds is 7. The normalized spacial score (nSPS) is 13.8. The standard InChI is InChI=1S/C9H17ClN4O2S/c1-3-14-7-11-13-9(14)5-12-17(15,16)6-8(2)4-10/h7-8,12H,3-6H2,1-2H3. The van der Waals surface area contributed by atoms with Gasteiger partial charge in [-0.25, -0.2) is 13.1 Å². The fourth-order valence-electron chi connectivity index (χ4n) is 1.33. The lowest BCUT2D eigenvalue weighted by Gasteiger charge is -2.10. The predicted molar refractivity (Wildman–Crippen MR) is 66.2 cm³/mol. The number of hydrogen-bond donors (Lipinski definition) is 1. The summed E-state index contributed by atoms with van der Waals surface area (Å²) in [4.78, 5) is 0. The van der Waals surface area contributed by atoms with Crippen molar-refractivity contribution < 1.29 is 8.42 Å². The molecule has 0 saturated heterocycles. The minimum Gasteiger partial charge on any atom is -0.317 e. The molecule has 1 N–H and O–H groups in total. The van der Waals surface area contributed by atoms with Crippen molar-refractivity contribution in [2.75, 3.05) is 11.6 Å². The van der Waals surface area contributed by atoms with Crippen LogP contribution in [0.25, 0.3) is 0 Å². The summed E-state index contributed by atoms with van der Waals surface area (Å²) in [5.74, 6) is 0.885. The van der Waals surface area contributed by atoms with Crippen molar-refractivity contribution in [3.05, 3.63) is 12.2 Å². The first-order chi connectivity index (χ1) is 7.98. The summed E-state index contributed by atoms with van der Waals surface area (Å²) < 4.78 is 27.6. The molecule has 6 nitrogen and oxygen atoms in total. The van der Waals surface area contributed by atoms with Gasteiger partial charge in [-0.15, -0.1) is 21.8 Å². The Morgan fingerprint density at radius 1 is 1.59 bits per heavy atom. The Labute approximate surface area is 106 Å². The molecule has 0 spiro atoms. The van der Waals surface area contributed by atoms with Crippen LogP contribution in [0.4, 0.5) is 0 Å². The van der Waals surface area contributed by atoms with Crippen LogP contribution in [0.1, 0.15) is 19.7 Å². The lowest BCUT2D eigenvalue weighted by Crippen LogP contribution is -2.30. The zero-order valence-electron chi connectivity index (χ0n) is 9.93. The molecule has 1 atom stereocenters. The Hall–Kier alpha value is -0.660. The Kier molecular flexibility index (Phi) is 5.35. The van der Waals surface area contributed by atoms with E-state index in [0.717, 1.165) is 0 Å². The van der Waals surface area contributed by atoms with Gasteiger partial charge in [0.15, 0.2) is 0 Å². The summed E-state index contributed by atoms with van der Waals surface area (Å²) in [6.07, 6.45) is 1.57. The molecule has 98 valence electrons. The van der Waals surface area contributed by atoms with E-state index in [1.165, 1.54) is 0 Å². The molecule has 17 heavy (non-hydrogen) atoms. The minimum absolute atomic E-state index is 0.0246. The van der Waals surface area contributed by atoms with E-state index in [9.17, 15) is 8.42 Å². The quantitative estimate of drug-likeness (QED) is 0.742. The number of aryl methyl sites for hydroxylation is 1. The highest BCUT2D eigenvalue weighted by Crippen LogP contribution is 2.03. The summed E-state index contributed by atoms with van der Waals surface area (Å²) >= 11 is 5.59. The number of sulfonamides is 1. The van der Waals surface area contributed by atoms with Crippen molar-refractivity contribution in [2.24, 2.45) is 5.92 Å². The molecular formula is C9H17ClN4O2S. The van der Waals surface area contributed by atoms with Gasteiger partial charge in [-0.3, -0.25) is 0 Å². The van der Waals surface area contributed by atoms with Crippen LogP contribution in [0.2, 0.25) is 0 Å². The van der Waals surface area contributed by atoms with E-state index >= 15 is 0 Å². The maximum Gasteiger partial charge on any atom is 0.212 e. The molecule has 0 radical (unpaired) electrons. The molecule has 1 aromatic heterocycles. The number of hydrogen-bond acceptors (Lipinski definition) is 4. The number of halogens is 1. The first kappa shape index (κ1) is 14.4. The smallest absolute Gasteiger partial charge is 0.212 e. The summed E-state index contributed by atoms with van der Waals surface area (Å²) in [6.45, 7) is 4.60. The third-order valence-corrected chi connectivity index (χ3v) is 4.37. The van der Waals surface area contributed by atoms with Crippen LogP contribution >= 0.6 is 11.6 Å². The Bertz CT molecular complexity index is 446. The van der Waals surface area contributed by atoms with E-state index in [1.54, 1.807) is 17.8 Å². The third kappa shape index (κ3) is 4.61. The molecule has 0 amide bonds. The van der Waals surface area contributed by atoms with E-state index in [-0.39, 0.29) is 18.2 Å². The highest BCUT2D eigenvalue weighted by Gasteiger charge is 2.15. The van der Waals surface area contributed by atoms with Crippen molar-refractivity contribution >= 4 is 21.6 Å². The molecule has 1 heterocycles. The fraction of sp³-hybridized carbons (Fsp3) is 0.778. The Balaban J connectivity index is 2.55. The molecule has 0 aliphatic heterocycles. The Morgan fingerprint density at radius 2 is 2.29 bits per heavy atom. The third-order valence-electron chi connectivity index (χ3n) is 2.25. The molecule has 0 aliphatic rings. The summed E-state index contributed by atoms with van der Waals surface area (Å²) in [7, 11) is -3.31. The zero-order chi connectivity index (χ0) is 12.9. The summed E-state index contributed by atoms with van der Waals surface area (Å²) in [5, 5.41) is 7.58. The van der Waals surface area contributed by atoms with Gasteiger partial charge in [0.05, 0.1) is 12.3 Å². The molecule has 1 aromatic rings. The lowest BCUT2D eigenvalue weighted by atomic mass is 10.3. The van der Waals surface area contributed by atoms with E-state index in [2.05, 4.69) is 14.9 Å². The highest BCUT2D eigenvalue weighted by atomic mass is 35.5. The fourth-order valence-corrected chi connectivity index (χ4v) is 2.90. The second kappa shape index (κ2) is 6.32. The summed E-state index contributed by atoms with van der Waals surface area (Å²) in [5.41, 5.74) is 0. The van der Waals surface area contributed by atoms with Crippen molar-refractivity contribution in [3.8, 4) is 0 Å². The van der Waals surface area contributed by atoms with Gasteiger partial charge < -0.3 is 4.57 Å². The van der Waals surface area contributed by atoms with Gasteiger partial charge >= 0.3 is 0 Å². The Morgan fingerprint density at radius 3 is 2.88 bits per heavy atom. The van der Waals surface area contributed by atoms with Gasteiger partial charge in [0.1, 0.15) is 12.2 Å². The molecule has 0 saturated carbocycles. The zero-order valence-corrected chi connectivity index (χ0v) is 11.5. The van der Waals surface area contributed by atoms with Gasteiger partial charge in [0.2, 0.25) is 10.0 Å². The van der Waals surface area contributed by atoms with Gasteiger partial charge in [-0.05, 0) is 12.8 Å². The molecule has 1 unspecified atom stereocenters. The van der Waals surface area contributed by atoms with Crippen molar-refractivity contribution in [3.63, 3.8) is 0 Å². The average molecular weight is 281 g/mol. The van der Waals surface area contributed by atoms with Gasteiger partial charge in [0, 0.05) is 12.4 Å². The monoisotopic (exact) mass is 280 g/mol. The first-order valence-electron chi connectivity index (χ1n) is 5.38. The molecule has 8 heteroatoms. The van der Waals surface area contributed by atoms with Gasteiger partial charge in [-0.2, -0.15) is 0 Å². The molecule has 0 aliphatic carbocycles. The van der Waals surface area contributed by atoms with E-state index in [1.807, 2.05) is 6.92 Å². The SMILES string of the molecule is CCn1cnnc1CNS(=O)(=O)CC(C)CCl. The number of alkyl halides is 1. The van der Waals surface area contributed by atoms with Crippen LogP contribution in [0, 0.1) is 5.92 Å². The van der Waals surface area contributed by atoms with Crippen LogP contribution in [-0.2, 0) is 23.1 Å². The van der Waals surface area contributed by atoms with Crippen molar-refractivity contribution in [1.29, 1.82) is 0 Å². The number of aromatic nitrogens is 3. The van der Waals surface area contributed by atoms with Crippen LogP contribution in [-0.4, -0.2) is 34.8 Å². The molecule has 0 aromatic carbocycles. The second-order valence-corrected chi connectivity index (χ2v) is 6.06. The van der Waals surface area contributed by atoms with E-state index < -0.39 is 10.0 Å². The maximum atomic E-state index is 11.7. The van der Waals surface area contributed by atoms with Crippen molar-refractivity contribution in [2.45, 2.75) is 26.9 Å². The maximum absolute atomic E-state index is 11.7. The highest BCUT2D eigenvalue weighted by molar-refractivity contribution is 7.89. The van der Waals surface area contributed by atoms with E-state index in [0.29, 0.717) is 18.2 Å². The van der Waals surface area contributed by atoms with Gasteiger partial charge in [0.25, 0.3) is 0 Å².